The van der Waals surface area contributed by atoms with E-state index in [4.69, 9.17) is 0 Å². The third-order valence-electron chi connectivity index (χ3n) is 5.31. The van der Waals surface area contributed by atoms with E-state index in [0.717, 1.165) is 23.7 Å². The number of hydrogen-bond donors (Lipinski definition) is 2. The second-order valence-electron chi connectivity index (χ2n) is 7.56. The second-order valence-corrected chi connectivity index (χ2v) is 10.9. The number of rotatable bonds is 8. The SMILES string of the molecule is CCCC[C@H](CC)CNC(=O)c1ccc(NC2=N[C@H]3CS(=O)(=O)C[C@H]3S2)cc1. The van der Waals surface area contributed by atoms with E-state index in [2.05, 4.69) is 29.5 Å². The number of nitrogens with one attached hydrogen (secondary N) is 2. The average Bonchev–Trinajstić information content (AvgIpc) is 3.14. The van der Waals surface area contributed by atoms with Gasteiger partial charge in [0.2, 0.25) is 0 Å². The zero-order chi connectivity index (χ0) is 20.1. The Morgan fingerprint density at radius 1 is 1.25 bits per heavy atom. The Kier molecular flexibility index (Phi) is 7.04. The van der Waals surface area contributed by atoms with Gasteiger partial charge in [-0.3, -0.25) is 9.79 Å². The molecule has 3 atom stereocenters. The number of unbranched alkanes of at least 4 members (excludes halogenated alkanes) is 1. The molecule has 2 aliphatic heterocycles. The maximum Gasteiger partial charge on any atom is 0.251 e. The molecule has 1 aromatic rings. The lowest BCUT2D eigenvalue weighted by molar-refractivity contribution is 0.0946. The molecule has 0 saturated carbocycles. The van der Waals surface area contributed by atoms with E-state index in [-0.39, 0.29) is 28.7 Å². The largest absolute Gasteiger partial charge is 0.352 e. The number of thioether (sulfide) groups is 1. The normalized spacial score (nSPS) is 23.7. The van der Waals surface area contributed by atoms with Gasteiger partial charge in [0.15, 0.2) is 15.0 Å². The number of nitrogens with zero attached hydrogens (tertiary/aromatic N) is 1. The number of aliphatic imine (C=N–C) groups is 1. The molecular weight excluding hydrogens is 394 g/mol. The van der Waals surface area contributed by atoms with Crippen molar-refractivity contribution in [1.82, 2.24) is 5.32 Å². The van der Waals surface area contributed by atoms with Gasteiger partial charge in [-0.15, -0.1) is 0 Å². The van der Waals surface area contributed by atoms with Crippen LogP contribution in [0.15, 0.2) is 29.3 Å². The highest BCUT2D eigenvalue weighted by molar-refractivity contribution is 8.15. The topological polar surface area (TPSA) is 87.6 Å². The van der Waals surface area contributed by atoms with Crippen molar-refractivity contribution >= 4 is 38.4 Å². The van der Waals surface area contributed by atoms with Gasteiger partial charge in [0.1, 0.15) is 0 Å². The molecule has 0 unspecified atom stereocenters. The Balaban J connectivity index is 1.50. The van der Waals surface area contributed by atoms with Gasteiger partial charge >= 0.3 is 0 Å². The zero-order valence-corrected chi connectivity index (χ0v) is 18.1. The van der Waals surface area contributed by atoms with Crippen LogP contribution < -0.4 is 10.6 Å². The van der Waals surface area contributed by atoms with E-state index >= 15 is 0 Å². The van der Waals surface area contributed by atoms with Crippen LogP contribution in [-0.4, -0.2) is 48.8 Å². The Labute approximate surface area is 171 Å². The second kappa shape index (κ2) is 9.31. The first-order valence-corrected chi connectivity index (χ1v) is 12.7. The van der Waals surface area contributed by atoms with Crippen LogP contribution in [0.4, 0.5) is 5.69 Å². The summed E-state index contributed by atoms with van der Waals surface area (Å²) in [5.41, 5.74) is 1.49. The summed E-state index contributed by atoms with van der Waals surface area (Å²) >= 11 is 1.49. The monoisotopic (exact) mass is 423 g/mol. The molecule has 6 nitrogen and oxygen atoms in total. The van der Waals surface area contributed by atoms with Crippen LogP contribution in [0.1, 0.15) is 49.9 Å². The number of amides is 1. The molecule has 1 saturated heterocycles. The third-order valence-corrected chi connectivity index (χ3v) is 8.45. The summed E-state index contributed by atoms with van der Waals surface area (Å²) in [6.45, 7) is 5.07. The summed E-state index contributed by atoms with van der Waals surface area (Å²) in [5.74, 6) is 0.832. The molecule has 154 valence electrons. The van der Waals surface area contributed by atoms with Crippen molar-refractivity contribution in [3.8, 4) is 0 Å². The molecule has 3 rings (SSSR count). The highest BCUT2D eigenvalue weighted by Gasteiger charge is 2.42. The minimum Gasteiger partial charge on any atom is -0.352 e. The lowest BCUT2D eigenvalue weighted by Gasteiger charge is -2.15. The zero-order valence-electron chi connectivity index (χ0n) is 16.5. The fraction of sp³-hybridized carbons (Fsp3) is 0.600. The first kappa shape index (κ1) is 21.2. The predicted molar refractivity (Wildman–Crippen MR) is 117 cm³/mol. The number of benzene rings is 1. The van der Waals surface area contributed by atoms with Gasteiger partial charge in [0, 0.05) is 23.0 Å². The van der Waals surface area contributed by atoms with Crippen LogP contribution in [0, 0.1) is 5.92 Å². The summed E-state index contributed by atoms with van der Waals surface area (Å²) in [6.07, 6.45) is 4.61. The Bertz CT molecular complexity index is 822. The van der Waals surface area contributed by atoms with Gasteiger partial charge in [-0.2, -0.15) is 0 Å². The fourth-order valence-corrected chi connectivity index (χ4v) is 7.20. The van der Waals surface area contributed by atoms with E-state index < -0.39 is 9.84 Å². The maximum atomic E-state index is 12.4. The number of hydrogen-bond acceptors (Lipinski definition) is 6. The van der Waals surface area contributed by atoms with E-state index in [1.165, 1.54) is 24.6 Å². The highest BCUT2D eigenvalue weighted by Crippen LogP contribution is 2.34. The van der Waals surface area contributed by atoms with Crippen LogP contribution in [0.3, 0.4) is 0 Å². The van der Waals surface area contributed by atoms with Gasteiger partial charge in [0.05, 0.1) is 17.5 Å². The minimum absolute atomic E-state index is 0.0248. The Hall–Kier alpha value is -1.54. The number of sulfone groups is 1. The number of anilines is 1. The predicted octanol–water partition coefficient (Wildman–Crippen LogP) is 3.31. The molecule has 0 spiro atoms. The molecule has 0 aromatic heterocycles. The Morgan fingerprint density at radius 2 is 2.00 bits per heavy atom. The molecule has 0 aliphatic carbocycles. The lowest BCUT2D eigenvalue weighted by atomic mass is 9.99. The van der Waals surface area contributed by atoms with E-state index in [1.807, 2.05) is 12.1 Å². The molecule has 2 aliphatic rings. The molecule has 1 aromatic carbocycles. The first-order valence-electron chi connectivity index (χ1n) is 10.0. The molecular formula is C20H29N3O3S2. The van der Waals surface area contributed by atoms with Crippen LogP contribution in [0.2, 0.25) is 0 Å². The van der Waals surface area contributed by atoms with E-state index in [1.54, 1.807) is 12.1 Å². The van der Waals surface area contributed by atoms with Crippen LogP contribution in [0.25, 0.3) is 0 Å². The van der Waals surface area contributed by atoms with Gasteiger partial charge < -0.3 is 10.6 Å². The number of fused-ring (bicyclic) bond motifs is 1. The summed E-state index contributed by atoms with van der Waals surface area (Å²) < 4.78 is 23.3. The van der Waals surface area contributed by atoms with Gasteiger partial charge in [0.25, 0.3) is 5.91 Å². The first-order chi connectivity index (χ1) is 13.4. The van der Waals surface area contributed by atoms with Crippen LogP contribution >= 0.6 is 11.8 Å². The van der Waals surface area contributed by atoms with E-state index in [9.17, 15) is 13.2 Å². The van der Waals surface area contributed by atoms with Crippen molar-refractivity contribution < 1.29 is 13.2 Å². The summed E-state index contributed by atoms with van der Waals surface area (Å²) in [5, 5.41) is 7.05. The van der Waals surface area contributed by atoms with Crippen molar-refractivity contribution in [3.63, 3.8) is 0 Å². The highest BCUT2D eigenvalue weighted by atomic mass is 32.2. The maximum absolute atomic E-state index is 12.4. The summed E-state index contributed by atoms with van der Waals surface area (Å²) in [7, 11) is -2.94. The van der Waals surface area contributed by atoms with Crippen molar-refractivity contribution in [2.24, 2.45) is 10.9 Å². The van der Waals surface area contributed by atoms with Crippen LogP contribution in [0.5, 0.6) is 0 Å². The molecule has 8 heteroatoms. The molecule has 2 heterocycles. The quantitative estimate of drug-likeness (QED) is 0.670. The molecule has 1 fully saturated rings. The lowest BCUT2D eigenvalue weighted by Crippen LogP contribution is -2.29. The van der Waals surface area contributed by atoms with E-state index in [0.29, 0.717) is 18.0 Å². The molecule has 2 N–H and O–H groups in total. The summed E-state index contributed by atoms with van der Waals surface area (Å²) in [4.78, 5) is 16.9. The Morgan fingerprint density at radius 3 is 2.64 bits per heavy atom. The van der Waals surface area contributed by atoms with Crippen molar-refractivity contribution in [2.45, 2.75) is 50.8 Å². The molecule has 28 heavy (non-hydrogen) atoms. The summed E-state index contributed by atoms with van der Waals surface area (Å²) in [6, 6.07) is 7.18. The fourth-order valence-electron chi connectivity index (χ4n) is 3.53. The van der Waals surface area contributed by atoms with Crippen molar-refractivity contribution in [1.29, 1.82) is 0 Å². The molecule has 0 bridgehead atoms. The van der Waals surface area contributed by atoms with Crippen molar-refractivity contribution in [3.05, 3.63) is 29.8 Å². The van der Waals surface area contributed by atoms with Gasteiger partial charge in [-0.1, -0.05) is 44.9 Å². The number of carbonyl (C=O) groups excluding carboxylic acids is 1. The number of carbonyl (C=O) groups is 1. The molecule has 1 amide bonds. The van der Waals surface area contributed by atoms with Crippen LogP contribution in [-0.2, 0) is 9.84 Å². The third kappa shape index (κ3) is 5.50. The smallest absolute Gasteiger partial charge is 0.251 e. The molecule has 0 radical (unpaired) electrons. The standard InChI is InChI=1S/C20H29N3O3S2/c1-3-5-6-14(4-2)11-21-19(24)15-7-9-16(10-8-15)22-20-23-17-12-28(25,26)13-18(17)27-20/h7-10,14,17-18H,3-6,11-13H2,1-2H3,(H,21,24)(H,22,23)/t14-,17-,18+/m0/s1. The van der Waals surface area contributed by atoms with Crippen molar-refractivity contribution in [2.75, 3.05) is 23.4 Å². The van der Waals surface area contributed by atoms with Gasteiger partial charge in [-0.05, 0) is 36.6 Å². The van der Waals surface area contributed by atoms with Gasteiger partial charge in [-0.25, -0.2) is 8.42 Å². The minimum atomic E-state index is -2.94. The number of amidine groups is 1. The average molecular weight is 424 g/mol.